The summed E-state index contributed by atoms with van der Waals surface area (Å²) in [5, 5.41) is 3.01. The molecule has 0 bridgehead atoms. The number of para-hydroxylation sites is 1. The van der Waals surface area contributed by atoms with Gasteiger partial charge in [-0.3, -0.25) is 4.79 Å². The van der Waals surface area contributed by atoms with Crippen LogP contribution in [0.5, 0.6) is 5.75 Å². The van der Waals surface area contributed by atoms with E-state index in [1.54, 1.807) is 12.1 Å². The largest absolute Gasteiger partial charge is 0.573 e. The molecule has 2 atom stereocenters. The van der Waals surface area contributed by atoms with E-state index in [2.05, 4.69) is 10.1 Å². The van der Waals surface area contributed by atoms with Crippen molar-refractivity contribution in [1.82, 2.24) is 5.32 Å². The molecule has 0 saturated heterocycles. The highest BCUT2D eigenvalue weighted by molar-refractivity contribution is 5.83. The summed E-state index contributed by atoms with van der Waals surface area (Å²) in [6, 6.07) is 6.37. The molecular weight excluding hydrogens is 321 g/mol. The van der Waals surface area contributed by atoms with Gasteiger partial charge in [0, 0.05) is 18.0 Å². The molecule has 2 aliphatic carbocycles. The normalized spacial score (nSPS) is 29.8. The number of carbonyl (C=O) groups excluding carboxylic acids is 1. The summed E-state index contributed by atoms with van der Waals surface area (Å²) in [4.78, 5) is 12.3. The number of amides is 1. The lowest BCUT2D eigenvalue weighted by Crippen LogP contribution is -2.41. The van der Waals surface area contributed by atoms with E-state index in [4.69, 9.17) is 5.73 Å². The van der Waals surface area contributed by atoms with Crippen molar-refractivity contribution in [3.05, 3.63) is 29.8 Å². The fourth-order valence-electron chi connectivity index (χ4n) is 3.40. The Bertz CT molecular complexity index is 598. The van der Waals surface area contributed by atoms with Crippen LogP contribution in [0.25, 0.3) is 0 Å². The first-order valence-corrected chi connectivity index (χ1v) is 8.24. The van der Waals surface area contributed by atoms with Gasteiger partial charge < -0.3 is 15.8 Å². The van der Waals surface area contributed by atoms with E-state index < -0.39 is 6.36 Å². The average Bonchev–Trinajstić information content (AvgIpc) is 3.29. The number of nitrogens with two attached hydrogens (primary N) is 1. The zero-order valence-corrected chi connectivity index (χ0v) is 13.2. The van der Waals surface area contributed by atoms with Crippen molar-refractivity contribution in [2.75, 3.05) is 0 Å². The smallest absolute Gasteiger partial charge is 0.405 e. The molecule has 0 spiro atoms. The van der Waals surface area contributed by atoms with Gasteiger partial charge in [-0.15, -0.1) is 13.2 Å². The van der Waals surface area contributed by atoms with Gasteiger partial charge in [0.15, 0.2) is 0 Å². The first-order chi connectivity index (χ1) is 11.3. The first kappa shape index (κ1) is 17.1. The second kappa shape index (κ2) is 6.63. The Kier molecular flexibility index (Phi) is 4.71. The summed E-state index contributed by atoms with van der Waals surface area (Å²) >= 11 is 0. The van der Waals surface area contributed by atoms with Crippen molar-refractivity contribution >= 4 is 5.91 Å². The SMILES string of the molecule is NC1CCC(NC(=O)C2CC2c2ccccc2OC(F)(F)F)CC1. The van der Waals surface area contributed by atoms with Crippen LogP contribution >= 0.6 is 0 Å². The van der Waals surface area contributed by atoms with Crippen molar-refractivity contribution in [2.24, 2.45) is 11.7 Å². The molecule has 3 N–H and O–H groups in total. The van der Waals surface area contributed by atoms with Gasteiger partial charge in [0.05, 0.1) is 0 Å². The summed E-state index contributed by atoms with van der Waals surface area (Å²) in [5.74, 6) is -0.788. The predicted octanol–water partition coefficient (Wildman–Crippen LogP) is 3.07. The van der Waals surface area contributed by atoms with Crippen molar-refractivity contribution < 1.29 is 22.7 Å². The summed E-state index contributed by atoms with van der Waals surface area (Å²) in [7, 11) is 0. The van der Waals surface area contributed by atoms with Crippen LogP contribution in [-0.2, 0) is 4.79 Å². The molecule has 0 aliphatic heterocycles. The van der Waals surface area contributed by atoms with Gasteiger partial charge in [0.2, 0.25) is 5.91 Å². The maximum atomic E-state index is 12.5. The number of halogens is 3. The van der Waals surface area contributed by atoms with Crippen molar-refractivity contribution in [3.63, 3.8) is 0 Å². The summed E-state index contributed by atoms with van der Waals surface area (Å²) in [6.45, 7) is 0. The highest BCUT2D eigenvalue weighted by atomic mass is 19.4. The Morgan fingerprint density at radius 1 is 1.17 bits per heavy atom. The molecule has 1 aromatic rings. The third kappa shape index (κ3) is 4.20. The van der Waals surface area contributed by atoms with Gasteiger partial charge in [-0.1, -0.05) is 18.2 Å². The number of alkyl halides is 3. The first-order valence-electron chi connectivity index (χ1n) is 8.24. The molecule has 0 heterocycles. The molecule has 1 aromatic carbocycles. The van der Waals surface area contributed by atoms with Crippen LogP contribution in [0.2, 0.25) is 0 Å². The highest BCUT2D eigenvalue weighted by Gasteiger charge is 2.46. The van der Waals surface area contributed by atoms with Gasteiger partial charge in [-0.05, 0) is 49.7 Å². The number of ether oxygens (including phenoxy) is 1. The van der Waals surface area contributed by atoms with Crippen LogP contribution in [0.15, 0.2) is 24.3 Å². The average molecular weight is 342 g/mol. The molecule has 2 aliphatic rings. The molecule has 2 saturated carbocycles. The predicted molar refractivity (Wildman–Crippen MR) is 82.3 cm³/mol. The number of hydrogen-bond donors (Lipinski definition) is 2. The quantitative estimate of drug-likeness (QED) is 0.884. The fourth-order valence-corrected chi connectivity index (χ4v) is 3.40. The van der Waals surface area contributed by atoms with E-state index in [9.17, 15) is 18.0 Å². The van der Waals surface area contributed by atoms with E-state index in [1.165, 1.54) is 12.1 Å². The minimum absolute atomic E-state index is 0.0812. The van der Waals surface area contributed by atoms with Crippen LogP contribution in [-0.4, -0.2) is 24.4 Å². The van der Waals surface area contributed by atoms with E-state index >= 15 is 0 Å². The third-order valence-corrected chi connectivity index (χ3v) is 4.79. The Morgan fingerprint density at radius 3 is 2.50 bits per heavy atom. The van der Waals surface area contributed by atoms with Crippen LogP contribution in [0.3, 0.4) is 0 Å². The van der Waals surface area contributed by atoms with Gasteiger partial charge >= 0.3 is 6.36 Å². The molecule has 2 fully saturated rings. The van der Waals surface area contributed by atoms with Gasteiger partial charge in [0.25, 0.3) is 0 Å². The molecule has 7 heteroatoms. The minimum Gasteiger partial charge on any atom is -0.405 e. The van der Waals surface area contributed by atoms with E-state index in [0.717, 1.165) is 25.7 Å². The molecule has 132 valence electrons. The lowest BCUT2D eigenvalue weighted by Gasteiger charge is -2.26. The summed E-state index contributed by atoms with van der Waals surface area (Å²) in [6.07, 6.45) is -0.682. The van der Waals surface area contributed by atoms with Crippen molar-refractivity contribution in [1.29, 1.82) is 0 Å². The number of hydrogen-bond acceptors (Lipinski definition) is 3. The van der Waals surface area contributed by atoms with Crippen LogP contribution in [0, 0.1) is 5.92 Å². The molecule has 3 rings (SSSR count). The fraction of sp³-hybridized carbons (Fsp3) is 0.588. The van der Waals surface area contributed by atoms with Gasteiger partial charge in [-0.2, -0.15) is 0 Å². The van der Waals surface area contributed by atoms with Gasteiger partial charge in [0.1, 0.15) is 5.75 Å². The molecule has 4 nitrogen and oxygen atoms in total. The van der Waals surface area contributed by atoms with Crippen LogP contribution < -0.4 is 15.8 Å². The zero-order chi connectivity index (χ0) is 17.3. The monoisotopic (exact) mass is 342 g/mol. The van der Waals surface area contributed by atoms with Crippen LogP contribution in [0.1, 0.15) is 43.6 Å². The second-order valence-corrected chi connectivity index (χ2v) is 6.65. The lowest BCUT2D eigenvalue weighted by atomic mass is 9.91. The molecule has 2 unspecified atom stereocenters. The Hall–Kier alpha value is -1.76. The maximum absolute atomic E-state index is 12.5. The molecule has 0 radical (unpaired) electrons. The van der Waals surface area contributed by atoms with Gasteiger partial charge in [-0.25, -0.2) is 0 Å². The standard InChI is InChI=1S/C17H21F3N2O2/c18-17(19,20)24-15-4-2-1-3-12(15)13-9-14(13)16(23)22-11-7-5-10(21)6-8-11/h1-4,10-11,13-14H,5-9,21H2,(H,22,23). The second-order valence-electron chi connectivity index (χ2n) is 6.65. The highest BCUT2D eigenvalue weighted by Crippen LogP contribution is 2.51. The third-order valence-electron chi connectivity index (χ3n) is 4.79. The summed E-state index contributed by atoms with van der Waals surface area (Å²) < 4.78 is 41.5. The van der Waals surface area contributed by atoms with Crippen molar-refractivity contribution in [2.45, 2.75) is 56.5 Å². The Morgan fingerprint density at radius 2 is 1.83 bits per heavy atom. The molecule has 0 aromatic heterocycles. The van der Waals surface area contributed by atoms with E-state index in [1.807, 2.05) is 0 Å². The molecular formula is C17H21F3N2O2. The van der Waals surface area contributed by atoms with Crippen LogP contribution in [0.4, 0.5) is 13.2 Å². The topological polar surface area (TPSA) is 64.3 Å². The summed E-state index contributed by atoms with van der Waals surface area (Å²) in [5.41, 5.74) is 6.29. The molecule has 1 amide bonds. The number of benzene rings is 1. The van der Waals surface area contributed by atoms with E-state index in [-0.39, 0.29) is 35.6 Å². The minimum atomic E-state index is -4.73. The maximum Gasteiger partial charge on any atom is 0.573 e. The van der Waals surface area contributed by atoms with E-state index in [0.29, 0.717) is 12.0 Å². The Balaban J connectivity index is 1.60. The Labute approximate surface area is 138 Å². The number of rotatable bonds is 4. The number of nitrogens with one attached hydrogen (secondary N) is 1. The lowest BCUT2D eigenvalue weighted by molar-refractivity contribution is -0.274. The zero-order valence-electron chi connectivity index (χ0n) is 13.2. The molecule has 24 heavy (non-hydrogen) atoms. The van der Waals surface area contributed by atoms with Crippen molar-refractivity contribution in [3.8, 4) is 5.75 Å². The number of carbonyl (C=O) groups is 1.